The average Bonchev–Trinajstić information content (AvgIpc) is 2.88. The minimum atomic E-state index is -0.0428. The number of aromatic nitrogens is 1. The van der Waals surface area contributed by atoms with Gasteiger partial charge in [0, 0.05) is 31.2 Å². The van der Waals surface area contributed by atoms with Crippen molar-refractivity contribution in [3.8, 4) is 0 Å². The second-order valence-electron chi connectivity index (χ2n) is 6.96. The molecule has 1 aromatic heterocycles. The zero-order valence-corrected chi connectivity index (χ0v) is 13.9. The monoisotopic (exact) mass is 321 g/mol. The van der Waals surface area contributed by atoms with Gasteiger partial charge in [0.1, 0.15) is 0 Å². The van der Waals surface area contributed by atoms with Crippen molar-refractivity contribution in [2.24, 2.45) is 0 Å². The highest BCUT2D eigenvalue weighted by molar-refractivity contribution is 5.96. The van der Waals surface area contributed by atoms with Gasteiger partial charge in [-0.1, -0.05) is 43.5 Å². The Morgan fingerprint density at radius 1 is 1.00 bits per heavy atom. The molecule has 2 aromatic rings. The van der Waals surface area contributed by atoms with Crippen molar-refractivity contribution in [1.82, 2.24) is 9.88 Å². The molecule has 0 atom stereocenters. The van der Waals surface area contributed by atoms with Gasteiger partial charge in [-0.05, 0) is 36.6 Å². The van der Waals surface area contributed by atoms with E-state index in [2.05, 4.69) is 22.0 Å². The maximum atomic E-state index is 13.2. The lowest BCUT2D eigenvalue weighted by atomic mass is 9.81. The van der Waals surface area contributed by atoms with E-state index in [0.717, 1.165) is 30.6 Å². The van der Waals surface area contributed by atoms with Gasteiger partial charge in [-0.15, -0.1) is 0 Å². The molecule has 0 bridgehead atoms. The summed E-state index contributed by atoms with van der Waals surface area (Å²) in [7, 11) is 0. The summed E-state index contributed by atoms with van der Waals surface area (Å²) in [5.41, 5.74) is 2.07. The number of urea groups is 1. The zero-order valence-electron chi connectivity index (χ0n) is 13.9. The largest absolute Gasteiger partial charge is 0.325 e. The minimum Gasteiger partial charge on any atom is -0.318 e. The second-order valence-corrected chi connectivity index (χ2v) is 6.96. The third kappa shape index (κ3) is 2.66. The molecule has 4 nitrogen and oxygen atoms in total. The topological polar surface area (TPSA) is 36.4 Å². The van der Waals surface area contributed by atoms with Crippen molar-refractivity contribution in [2.45, 2.75) is 44.2 Å². The Bertz CT molecular complexity index is 695. The molecule has 124 valence electrons. The highest BCUT2D eigenvalue weighted by atomic mass is 16.2. The van der Waals surface area contributed by atoms with Crippen molar-refractivity contribution in [3.05, 3.63) is 60.4 Å². The Kier molecular flexibility index (Phi) is 3.97. The molecule has 1 saturated carbocycles. The van der Waals surface area contributed by atoms with Crippen molar-refractivity contribution >= 4 is 11.7 Å². The first kappa shape index (κ1) is 15.2. The smallest absolute Gasteiger partial charge is 0.318 e. The van der Waals surface area contributed by atoms with Crippen LogP contribution in [0.15, 0.2) is 54.9 Å². The molecular formula is C20H23N3O. The summed E-state index contributed by atoms with van der Waals surface area (Å²) in [5.74, 6) is 0. The van der Waals surface area contributed by atoms with Crippen LogP contribution >= 0.6 is 0 Å². The fourth-order valence-corrected chi connectivity index (χ4v) is 4.23. The number of nitrogens with zero attached hydrogens (tertiary/aromatic N) is 3. The third-order valence-corrected chi connectivity index (χ3v) is 5.32. The number of benzene rings is 1. The van der Waals surface area contributed by atoms with Crippen molar-refractivity contribution in [2.75, 3.05) is 11.4 Å². The Labute approximate surface area is 143 Å². The highest BCUT2D eigenvalue weighted by Gasteiger charge is 2.50. The van der Waals surface area contributed by atoms with Crippen LogP contribution in [0, 0.1) is 0 Å². The molecule has 2 heterocycles. The quantitative estimate of drug-likeness (QED) is 0.848. The van der Waals surface area contributed by atoms with Gasteiger partial charge in [0.15, 0.2) is 0 Å². The number of hydrogen-bond donors (Lipinski definition) is 0. The Hall–Kier alpha value is -2.36. The minimum absolute atomic E-state index is 0.0428. The first-order valence-corrected chi connectivity index (χ1v) is 8.82. The predicted molar refractivity (Wildman–Crippen MR) is 94.8 cm³/mol. The number of rotatable bonds is 3. The molecule has 1 saturated heterocycles. The van der Waals surface area contributed by atoms with E-state index in [1.54, 1.807) is 6.20 Å². The molecular weight excluding hydrogens is 298 g/mol. The highest BCUT2D eigenvalue weighted by Crippen LogP contribution is 2.42. The number of carbonyl (C=O) groups excluding carboxylic acids is 1. The van der Waals surface area contributed by atoms with E-state index in [-0.39, 0.29) is 11.6 Å². The fourth-order valence-electron chi connectivity index (χ4n) is 4.23. The number of hydrogen-bond acceptors (Lipinski definition) is 2. The Morgan fingerprint density at radius 3 is 2.50 bits per heavy atom. The maximum Gasteiger partial charge on any atom is 0.325 e. The SMILES string of the molecule is O=C1N(Cc2cccnc2)CC2(CCCCC2)N1c1ccccc1. The third-order valence-electron chi connectivity index (χ3n) is 5.32. The van der Waals surface area contributed by atoms with E-state index in [0.29, 0.717) is 6.54 Å². The van der Waals surface area contributed by atoms with Crippen molar-refractivity contribution < 1.29 is 4.79 Å². The lowest BCUT2D eigenvalue weighted by Crippen LogP contribution is -2.48. The van der Waals surface area contributed by atoms with Crippen molar-refractivity contribution in [1.29, 1.82) is 0 Å². The summed E-state index contributed by atoms with van der Waals surface area (Å²) in [6, 6.07) is 14.3. The number of para-hydroxylation sites is 1. The van der Waals surface area contributed by atoms with Gasteiger partial charge >= 0.3 is 6.03 Å². The van der Waals surface area contributed by atoms with E-state index < -0.39 is 0 Å². The van der Waals surface area contributed by atoms with Gasteiger partial charge < -0.3 is 4.90 Å². The van der Waals surface area contributed by atoms with E-state index in [9.17, 15) is 4.79 Å². The summed E-state index contributed by atoms with van der Waals surface area (Å²) in [6.45, 7) is 1.45. The van der Waals surface area contributed by atoms with Crippen LogP contribution < -0.4 is 4.90 Å². The van der Waals surface area contributed by atoms with Crippen LogP contribution in [-0.4, -0.2) is 28.0 Å². The number of anilines is 1. The first-order chi connectivity index (χ1) is 11.8. The molecule has 2 aliphatic rings. The van der Waals surface area contributed by atoms with Gasteiger partial charge in [-0.3, -0.25) is 9.88 Å². The van der Waals surface area contributed by atoms with E-state index in [1.165, 1.54) is 19.3 Å². The number of carbonyl (C=O) groups is 1. The van der Waals surface area contributed by atoms with Gasteiger partial charge in [0.05, 0.1) is 5.54 Å². The van der Waals surface area contributed by atoms with Crippen LogP contribution in [0.2, 0.25) is 0 Å². The summed E-state index contributed by atoms with van der Waals surface area (Å²) >= 11 is 0. The normalized spacial score (nSPS) is 19.9. The molecule has 0 N–H and O–H groups in total. The Morgan fingerprint density at radius 2 is 1.79 bits per heavy atom. The Balaban J connectivity index is 1.66. The van der Waals surface area contributed by atoms with Crippen LogP contribution in [0.5, 0.6) is 0 Å². The second kappa shape index (κ2) is 6.27. The van der Waals surface area contributed by atoms with Crippen molar-refractivity contribution in [3.63, 3.8) is 0 Å². The summed E-state index contributed by atoms with van der Waals surface area (Å²) in [6.07, 6.45) is 9.50. The first-order valence-electron chi connectivity index (χ1n) is 8.82. The van der Waals surface area contributed by atoms with Gasteiger partial charge in [-0.2, -0.15) is 0 Å². The standard InChI is InChI=1S/C20H23N3O/c24-19-22(15-17-8-7-13-21-14-17)16-20(11-5-2-6-12-20)23(19)18-9-3-1-4-10-18/h1,3-4,7-10,13-14H,2,5-6,11-12,15-16H2. The summed E-state index contributed by atoms with van der Waals surface area (Å²) in [5, 5.41) is 0. The molecule has 4 rings (SSSR count). The molecule has 1 aromatic carbocycles. The maximum absolute atomic E-state index is 13.2. The molecule has 1 spiro atoms. The van der Waals surface area contributed by atoms with Gasteiger partial charge in [0.25, 0.3) is 0 Å². The lowest BCUT2D eigenvalue weighted by Gasteiger charge is -2.40. The average molecular weight is 321 g/mol. The van der Waals surface area contributed by atoms with Gasteiger partial charge in [0.2, 0.25) is 0 Å². The summed E-state index contributed by atoms with van der Waals surface area (Å²) < 4.78 is 0. The van der Waals surface area contributed by atoms with E-state index in [1.807, 2.05) is 41.4 Å². The zero-order chi connectivity index (χ0) is 16.4. The molecule has 2 fully saturated rings. The molecule has 1 aliphatic carbocycles. The van der Waals surface area contributed by atoms with Crippen LogP contribution in [-0.2, 0) is 6.54 Å². The molecule has 0 unspecified atom stereocenters. The van der Waals surface area contributed by atoms with Crippen LogP contribution in [0.3, 0.4) is 0 Å². The lowest BCUT2D eigenvalue weighted by molar-refractivity contribution is 0.215. The van der Waals surface area contributed by atoms with Crippen LogP contribution in [0.4, 0.5) is 10.5 Å². The molecule has 0 radical (unpaired) electrons. The fraction of sp³-hybridized carbons (Fsp3) is 0.400. The van der Waals surface area contributed by atoms with Crippen LogP contribution in [0.25, 0.3) is 0 Å². The summed E-state index contributed by atoms with van der Waals surface area (Å²) in [4.78, 5) is 21.5. The molecule has 24 heavy (non-hydrogen) atoms. The number of pyridine rings is 1. The van der Waals surface area contributed by atoms with E-state index in [4.69, 9.17) is 0 Å². The molecule has 1 aliphatic heterocycles. The number of amides is 2. The van der Waals surface area contributed by atoms with Crippen LogP contribution in [0.1, 0.15) is 37.7 Å². The molecule has 4 heteroatoms. The van der Waals surface area contributed by atoms with Gasteiger partial charge in [-0.25, -0.2) is 4.79 Å². The molecule has 2 amide bonds. The predicted octanol–water partition coefficient (Wildman–Crippen LogP) is 4.23. The van der Waals surface area contributed by atoms with E-state index >= 15 is 0 Å².